The molecule has 1 aromatic rings. The molecule has 3 heterocycles. The molecule has 0 amide bonds. The number of aliphatic imine (C=N–C) groups is 1. The van der Waals surface area contributed by atoms with Crippen LogP contribution in [0.15, 0.2) is 29.3 Å². The fraction of sp³-hybridized carbons (Fsp3) is 0.682. The maximum Gasteiger partial charge on any atom is 0.416 e. The maximum atomic E-state index is 13.0. The van der Waals surface area contributed by atoms with E-state index in [4.69, 9.17) is 4.74 Å². The molecule has 180 valence electrons. The lowest BCUT2D eigenvalue weighted by atomic mass is 9.96. The van der Waals surface area contributed by atoms with Crippen molar-refractivity contribution in [1.29, 1.82) is 0 Å². The van der Waals surface area contributed by atoms with E-state index in [9.17, 15) is 13.2 Å². The quantitative estimate of drug-likeness (QED) is 0.239. The van der Waals surface area contributed by atoms with Crippen LogP contribution in [0.1, 0.15) is 31.2 Å². The van der Waals surface area contributed by atoms with Crippen molar-refractivity contribution >= 4 is 35.6 Å². The van der Waals surface area contributed by atoms with E-state index in [2.05, 4.69) is 20.5 Å². The highest BCUT2D eigenvalue weighted by Gasteiger charge is 2.41. The summed E-state index contributed by atoms with van der Waals surface area (Å²) in [6.45, 7) is 4.97. The van der Waals surface area contributed by atoms with Gasteiger partial charge in [0.2, 0.25) is 0 Å². The minimum absolute atomic E-state index is 0. The van der Waals surface area contributed by atoms with Crippen molar-refractivity contribution in [3.63, 3.8) is 0 Å². The number of fused-ring (bicyclic) bond motifs is 2. The van der Waals surface area contributed by atoms with Crippen LogP contribution in [-0.2, 0) is 10.9 Å². The molecule has 1 aromatic carbocycles. The van der Waals surface area contributed by atoms with Gasteiger partial charge in [-0.15, -0.1) is 24.0 Å². The molecule has 2 bridgehead atoms. The summed E-state index contributed by atoms with van der Waals surface area (Å²) in [5.41, 5.74) is 0.0631. The number of ether oxygens (including phenoxy) is 1. The summed E-state index contributed by atoms with van der Waals surface area (Å²) in [7, 11) is 1.79. The Balaban J connectivity index is 0.00000289. The van der Waals surface area contributed by atoms with Crippen LogP contribution in [0, 0.1) is 0 Å². The second-order valence-corrected chi connectivity index (χ2v) is 8.59. The highest BCUT2D eigenvalue weighted by atomic mass is 127. The van der Waals surface area contributed by atoms with E-state index in [1.807, 2.05) is 4.90 Å². The number of rotatable bonds is 6. The minimum Gasteiger partial charge on any atom is -0.373 e. The lowest BCUT2D eigenvalue weighted by molar-refractivity contribution is -0.137. The highest BCUT2D eigenvalue weighted by molar-refractivity contribution is 14.0. The molecular weight excluding hydrogens is 534 g/mol. The Morgan fingerprint density at radius 1 is 1.19 bits per heavy atom. The van der Waals surface area contributed by atoms with Gasteiger partial charge in [0.25, 0.3) is 0 Å². The summed E-state index contributed by atoms with van der Waals surface area (Å²) in [5.74, 6) is 0.829. The first-order chi connectivity index (χ1) is 14.9. The van der Waals surface area contributed by atoms with Gasteiger partial charge in [-0.2, -0.15) is 13.2 Å². The summed E-state index contributed by atoms with van der Waals surface area (Å²) in [6.07, 6.45) is 0.776. The number of halogens is 4. The number of hydrogen-bond acceptors (Lipinski definition) is 4. The molecule has 3 aliphatic heterocycles. The van der Waals surface area contributed by atoms with Crippen LogP contribution in [0.5, 0.6) is 0 Å². The molecule has 0 spiro atoms. The lowest BCUT2D eigenvalue weighted by Gasteiger charge is -2.36. The predicted molar refractivity (Wildman–Crippen MR) is 131 cm³/mol. The summed E-state index contributed by atoms with van der Waals surface area (Å²) >= 11 is 0. The molecule has 6 nitrogen and oxygen atoms in total. The molecule has 4 rings (SSSR count). The van der Waals surface area contributed by atoms with Crippen LogP contribution in [-0.4, -0.2) is 75.4 Å². The van der Waals surface area contributed by atoms with Crippen LogP contribution >= 0.6 is 24.0 Å². The zero-order valence-corrected chi connectivity index (χ0v) is 20.7. The first-order valence-corrected chi connectivity index (χ1v) is 11.2. The number of alkyl halides is 3. The third-order valence-corrected chi connectivity index (χ3v) is 6.51. The van der Waals surface area contributed by atoms with Gasteiger partial charge in [0.1, 0.15) is 0 Å². The Labute approximate surface area is 205 Å². The zero-order valence-electron chi connectivity index (χ0n) is 18.4. The summed E-state index contributed by atoms with van der Waals surface area (Å²) in [5, 5.41) is 6.88. The van der Waals surface area contributed by atoms with Gasteiger partial charge in [-0.3, -0.25) is 9.89 Å². The predicted octanol–water partition coefficient (Wildman–Crippen LogP) is 3.32. The number of nitrogens with one attached hydrogen (secondary N) is 2. The molecule has 3 aliphatic rings. The van der Waals surface area contributed by atoms with Crippen molar-refractivity contribution in [1.82, 2.24) is 15.5 Å². The van der Waals surface area contributed by atoms with Crippen LogP contribution < -0.4 is 15.5 Å². The maximum absolute atomic E-state index is 13.0. The van der Waals surface area contributed by atoms with E-state index in [0.717, 1.165) is 70.6 Å². The first kappa shape index (κ1) is 25.4. The van der Waals surface area contributed by atoms with Gasteiger partial charge in [-0.25, -0.2) is 0 Å². The standard InChI is InChI=1S/C22H32F3N5O.HI/c1-26-21(28-19-15-18-6-7-20(19)31-18)27-8-3-9-29-10-12-30(13-11-29)17-5-2-4-16(14-17)22(23,24)25;/h2,4-5,14,18-20H,3,6-13,15H2,1H3,(H2,26,27,28);1H. The largest absolute Gasteiger partial charge is 0.416 e. The second kappa shape index (κ2) is 11.2. The molecule has 10 heteroatoms. The van der Waals surface area contributed by atoms with Gasteiger partial charge in [-0.1, -0.05) is 6.07 Å². The van der Waals surface area contributed by atoms with E-state index < -0.39 is 11.7 Å². The number of piperazine rings is 1. The minimum atomic E-state index is -4.30. The van der Waals surface area contributed by atoms with Crippen molar-refractivity contribution in [3.8, 4) is 0 Å². The Hall–Kier alpha value is -1.27. The normalized spacial score (nSPS) is 26.2. The number of hydrogen-bond donors (Lipinski definition) is 2. The molecule has 0 aromatic heterocycles. The average molecular weight is 567 g/mol. The lowest BCUT2D eigenvalue weighted by Crippen LogP contribution is -2.49. The molecule has 3 unspecified atom stereocenters. The number of guanidine groups is 1. The van der Waals surface area contributed by atoms with E-state index in [1.54, 1.807) is 13.1 Å². The number of benzene rings is 1. The van der Waals surface area contributed by atoms with Crippen molar-refractivity contribution in [3.05, 3.63) is 29.8 Å². The van der Waals surface area contributed by atoms with Crippen molar-refractivity contribution < 1.29 is 17.9 Å². The number of anilines is 1. The molecule has 0 radical (unpaired) electrons. The van der Waals surface area contributed by atoms with E-state index in [0.29, 0.717) is 23.9 Å². The summed E-state index contributed by atoms with van der Waals surface area (Å²) in [6, 6.07) is 5.97. The molecule has 0 aliphatic carbocycles. The van der Waals surface area contributed by atoms with Gasteiger partial charge < -0.3 is 20.3 Å². The molecule has 3 fully saturated rings. The smallest absolute Gasteiger partial charge is 0.373 e. The number of nitrogens with zero attached hydrogens (tertiary/aromatic N) is 3. The Kier molecular flexibility index (Phi) is 8.90. The van der Waals surface area contributed by atoms with Crippen LogP contribution in [0.4, 0.5) is 18.9 Å². The van der Waals surface area contributed by atoms with Gasteiger partial charge in [0, 0.05) is 45.5 Å². The van der Waals surface area contributed by atoms with Gasteiger partial charge in [0.05, 0.1) is 23.8 Å². The fourth-order valence-corrected chi connectivity index (χ4v) is 4.78. The van der Waals surface area contributed by atoms with Crippen molar-refractivity contribution in [2.24, 2.45) is 4.99 Å². The van der Waals surface area contributed by atoms with Crippen molar-refractivity contribution in [2.45, 2.75) is 50.1 Å². The third kappa shape index (κ3) is 6.40. The van der Waals surface area contributed by atoms with E-state index >= 15 is 0 Å². The molecule has 32 heavy (non-hydrogen) atoms. The van der Waals surface area contributed by atoms with Gasteiger partial charge >= 0.3 is 6.18 Å². The Morgan fingerprint density at radius 3 is 2.59 bits per heavy atom. The average Bonchev–Trinajstić information content (AvgIpc) is 3.39. The highest BCUT2D eigenvalue weighted by Crippen LogP contribution is 2.34. The third-order valence-electron chi connectivity index (χ3n) is 6.51. The van der Waals surface area contributed by atoms with Gasteiger partial charge in [-0.05, 0) is 50.4 Å². The molecule has 0 saturated carbocycles. The van der Waals surface area contributed by atoms with E-state index in [1.165, 1.54) is 18.6 Å². The van der Waals surface area contributed by atoms with Gasteiger partial charge in [0.15, 0.2) is 5.96 Å². The van der Waals surface area contributed by atoms with Crippen molar-refractivity contribution in [2.75, 3.05) is 51.2 Å². The molecule has 3 atom stereocenters. The Morgan fingerprint density at radius 2 is 1.97 bits per heavy atom. The SMILES string of the molecule is CN=C(NCCCN1CCN(c2cccc(C(F)(F)F)c2)CC1)NC1CC2CCC1O2.I. The molecule has 2 N–H and O–H groups in total. The monoisotopic (exact) mass is 567 g/mol. The zero-order chi connectivity index (χ0) is 21.8. The van der Waals surface area contributed by atoms with E-state index in [-0.39, 0.29) is 24.0 Å². The molecular formula is C22H33F3IN5O. The summed E-state index contributed by atoms with van der Waals surface area (Å²) in [4.78, 5) is 8.73. The first-order valence-electron chi connectivity index (χ1n) is 11.2. The summed E-state index contributed by atoms with van der Waals surface area (Å²) < 4.78 is 44.7. The van der Waals surface area contributed by atoms with Crippen LogP contribution in [0.2, 0.25) is 0 Å². The fourth-order valence-electron chi connectivity index (χ4n) is 4.78. The van der Waals surface area contributed by atoms with Crippen LogP contribution in [0.25, 0.3) is 0 Å². The molecule has 3 saturated heterocycles. The second-order valence-electron chi connectivity index (χ2n) is 8.59. The topological polar surface area (TPSA) is 52.1 Å². The van der Waals surface area contributed by atoms with Crippen LogP contribution in [0.3, 0.4) is 0 Å². The Bertz CT molecular complexity index is 770.